The first kappa shape index (κ1) is 15.2. The zero-order valence-electron chi connectivity index (χ0n) is 13.0. The van der Waals surface area contributed by atoms with Gasteiger partial charge in [-0.15, -0.1) is 11.3 Å². The molecule has 0 saturated carbocycles. The van der Waals surface area contributed by atoms with Gasteiger partial charge in [0.15, 0.2) is 0 Å². The van der Waals surface area contributed by atoms with E-state index in [2.05, 4.69) is 17.9 Å². The van der Waals surface area contributed by atoms with E-state index in [4.69, 9.17) is 4.74 Å². The maximum absolute atomic E-state index is 11.7. The van der Waals surface area contributed by atoms with Gasteiger partial charge in [0.1, 0.15) is 10.6 Å². The summed E-state index contributed by atoms with van der Waals surface area (Å²) in [6, 6.07) is 4.02. The lowest BCUT2D eigenvalue weighted by Crippen LogP contribution is -2.19. The molecule has 1 aromatic carbocycles. The monoisotopic (exact) mass is 319 g/mol. The summed E-state index contributed by atoms with van der Waals surface area (Å²) in [5.41, 5.74) is 2.12. The number of carboxylic acid groups (broad SMARTS) is 1. The summed E-state index contributed by atoms with van der Waals surface area (Å²) in [6.07, 6.45) is 4.23. The molecule has 5 heteroatoms. The van der Waals surface area contributed by atoms with Crippen molar-refractivity contribution >= 4 is 33.1 Å². The van der Waals surface area contributed by atoms with Gasteiger partial charge in [-0.05, 0) is 37.0 Å². The average Bonchev–Trinajstić information content (AvgIpc) is 3.13. The van der Waals surface area contributed by atoms with Crippen LogP contribution in [0.5, 0.6) is 5.75 Å². The molecule has 0 bridgehead atoms. The van der Waals surface area contributed by atoms with Crippen molar-refractivity contribution < 1.29 is 14.6 Å². The first-order valence-electron chi connectivity index (χ1n) is 7.77. The molecule has 118 valence electrons. The Hall–Kier alpha value is -1.75. The van der Waals surface area contributed by atoms with Crippen LogP contribution in [-0.2, 0) is 6.42 Å². The normalized spacial score (nSPS) is 14.7. The second-order valence-electron chi connectivity index (χ2n) is 5.69. The molecule has 0 aliphatic carbocycles. The molecule has 1 aromatic heterocycles. The molecule has 0 amide bonds. The van der Waals surface area contributed by atoms with Gasteiger partial charge < -0.3 is 14.7 Å². The van der Waals surface area contributed by atoms with Gasteiger partial charge in [0.2, 0.25) is 0 Å². The third-order valence-electron chi connectivity index (χ3n) is 4.19. The lowest BCUT2D eigenvalue weighted by molar-refractivity contribution is 0.0703. The van der Waals surface area contributed by atoms with Crippen molar-refractivity contribution in [1.29, 1.82) is 0 Å². The molecule has 3 rings (SSSR count). The van der Waals surface area contributed by atoms with E-state index < -0.39 is 5.97 Å². The Bertz CT molecular complexity index is 701. The van der Waals surface area contributed by atoms with Gasteiger partial charge in [-0.1, -0.05) is 13.3 Å². The number of carbonyl (C=O) groups is 1. The molecule has 2 heterocycles. The largest absolute Gasteiger partial charge is 0.497 e. The molecule has 22 heavy (non-hydrogen) atoms. The number of rotatable bonds is 5. The average molecular weight is 319 g/mol. The minimum atomic E-state index is -0.829. The van der Waals surface area contributed by atoms with Gasteiger partial charge in [-0.2, -0.15) is 0 Å². The molecular formula is C17H21NO3S. The summed E-state index contributed by atoms with van der Waals surface area (Å²) >= 11 is 1.37. The topological polar surface area (TPSA) is 49.8 Å². The molecular weight excluding hydrogens is 298 g/mol. The first-order valence-corrected chi connectivity index (χ1v) is 8.59. The number of methoxy groups -OCH3 is 1. The van der Waals surface area contributed by atoms with Gasteiger partial charge in [0, 0.05) is 23.2 Å². The lowest BCUT2D eigenvalue weighted by Gasteiger charge is -2.19. The Labute approximate surface area is 134 Å². The number of benzene rings is 1. The molecule has 1 N–H and O–H groups in total. The van der Waals surface area contributed by atoms with E-state index in [0.29, 0.717) is 4.88 Å². The Balaban J connectivity index is 2.28. The van der Waals surface area contributed by atoms with Gasteiger partial charge in [0.25, 0.3) is 0 Å². The minimum Gasteiger partial charge on any atom is -0.497 e. The van der Waals surface area contributed by atoms with Gasteiger partial charge in [0.05, 0.1) is 12.8 Å². The molecule has 0 spiro atoms. The fourth-order valence-electron chi connectivity index (χ4n) is 3.24. The highest BCUT2D eigenvalue weighted by Crippen LogP contribution is 2.43. The third-order valence-corrected chi connectivity index (χ3v) is 5.31. The number of carboxylic acids is 1. The van der Waals surface area contributed by atoms with Crippen molar-refractivity contribution in [3.8, 4) is 5.75 Å². The van der Waals surface area contributed by atoms with Crippen LogP contribution in [0, 0.1) is 0 Å². The minimum absolute atomic E-state index is 0.461. The van der Waals surface area contributed by atoms with Crippen LogP contribution in [0.4, 0.5) is 5.69 Å². The van der Waals surface area contributed by atoms with E-state index in [1.54, 1.807) is 7.11 Å². The zero-order valence-corrected chi connectivity index (χ0v) is 13.8. The fourth-order valence-corrected chi connectivity index (χ4v) is 4.38. The molecule has 4 nitrogen and oxygen atoms in total. The molecule has 2 aromatic rings. The van der Waals surface area contributed by atoms with E-state index in [9.17, 15) is 9.90 Å². The first-order chi connectivity index (χ1) is 10.7. The van der Waals surface area contributed by atoms with Crippen LogP contribution in [0.15, 0.2) is 12.1 Å². The highest BCUT2D eigenvalue weighted by atomic mass is 32.1. The molecule has 1 saturated heterocycles. The van der Waals surface area contributed by atoms with E-state index >= 15 is 0 Å². The van der Waals surface area contributed by atoms with Gasteiger partial charge >= 0.3 is 5.97 Å². The standard InChI is InChI=1S/C17H21NO3S/c1-3-6-11-9-12(21-2)10-13-14(11)15(16(22-13)17(19)20)18-7-4-5-8-18/h9-10H,3-8H2,1-2H3,(H,19,20). The summed E-state index contributed by atoms with van der Waals surface area (Å²) in [5, 5.41) is 10.7. The summed E-state index contributed by atoms with van der Waals surface area (Å²) < 4.78 is 6.41. The van der Waals surface area contributed by atoms with Crippen molar-refractivity contribution in [2.24, 2.45) is 0 Å². The number of hydrogen-bond acceptors (Lipinski definition) is 4. The van der Waals surface area contributed by atoms with E-state index in [1.165, 1.54) is 16.9 Å². The summed E-state index contributed by atoms with van der Waals surface area (Å²) in [4.78, 5) is 14.4. The van der Waals surface area contributed by atoms with Gasteiger partial charge in [-0.25, -0.2) is 4.79 Å². The lowest BCUT2D eigenvalue weighted by atomic mass is 10.0. The summed E-state index contributed by atoms with van der Waals surface area (Å²) in [7, 11) is 1.66. The van der Waals surface area contributed by atoms with Crippen LogP contribution in [0.3, 0.4) is 0 Å². The number of anilines is 1. The highest BCUT2D eigenvalue weighted by molar-refractivity contribution is 7.21. The molecule has 1 fully saturated rings. The highest BCUT2D eigenvalue weighted by Gasteiger charge is 2.26. The molecule has 0 unspecified atom stereocenters. The third kappa shape index (κ3) is 2.54. The number of nitrogens with zero attached hydrogens (tertiary/aromatic N) is 1. The van der Waals surface area contributed by atoms with Crippen molar-refractivity contribution in [2.75, 3.05) is 25.1 Å². The maximum Gasteiger partial charge on any atom is 0.348 e. The number of ether oxygens (including phenoxy) is 1. The van der Waals surface area contributed by atoms with E-state index in [-0.39, 0.29) is 0 Å². The Kier molecular flexibility index (Phi) is 4.25. The van der Waals surface area contributed by atoms with E-state index in [1.807, 2.05) is 6.07 Å². The SMILES string of the molecule is CCCc1cc(OC)cc2sc(C(=O)O)c(N3CCCC3)c12. The Morgan fingerprint density at radius 1 is 1.36 bits per heavy atom. The second-order valence-corrected chi connectivity index (χ2v) is 6.74. The van der Waals surface area contributed by atoms with Crippen molar-refractivity contribution in [3.63, 3.8) is 0 Å². The van der Waals surface area contributed by atoms with Crippen LogP contribution < -0.4 is 9.64 Å². The van der Waals surface area contributed by atoms with Crippen molar-refractivity contribution in [2.45, 2.75) is 32.6 Å². The van der Waals surface area contributed by atoms with Gasteiger partial charge in [-0.3, -0.25) is 0 Å². The van der Waals surface area contributed by atoms with Crippen LogP contribution in [0.1, 0.15) is 41.4 Å². The quantitative estimate of drug-likeness (QED) is 0.899. The number of thiophene rings is 1. The summed E-state index contributed by atoms with van der Waals surface area (Å²) in [6.45, 7) is 4.04. The molecule has 1 aliphatic heterocycles. The van der Waals surface area contributed by atoms with Crippen LogP contribution >= 0.6 is 11.3 Å². The maximum atomic E-state index is 11.7. The van der Waals surface area contributed by atoms with Crippen LogP contribution in [-0.4, -0.2) is 31.3 Å². The Morgan fingerprint density at radius 2 is 2.09 bits per heavy atom. The predicted molar refractivity (Wildman–Crippen MR) is 90.8 cm³/mol. The fraction of sp³-hybridized carbons (Fsp3) is 0.471. The second kappa shape index (κ2) is 6.16. The predicted octanol–water partition coefficient (Wildman–Crippen LogP) is 4.16. The Morgan fingerprint density at radius 3 is 2.68 bits per heavy atom. The number of hydrogen-bond donors (Lipinski definition) is 1. The number of fused-ring (bicyclic) bond motifs is 1. The zero-order chi connectivity index (χ0) is 15.7. The summed E-state index contributed by atoms with van der Waals surface area (Å²) in [5.74, 6) is -0.0216. The molecule has 0 atom stereocenters. The van der Waals surface area contributed by atoms with Crippen LogP contribution in [0.2, 0.25) is 0 Å². The number of aromatic carboxylic acids is 1. The van der Waals surface area contributed by atoms with Crippen molar-refractivity contribution in [3.05, 3.63) is 22.6 Å². The van der Waals surface area contributed by atoms with Crippen LogP contribution in [0.25, 0.3) is 10.1 Å². The smallest absolute Gasteiger partial charge is 0.348 e. The van der Waals surface area contributed by atoms with Crippen molar-refractivity contribution in [1.82, 2.24) is 0 Å². The molecule has 0 radical (unpaired) electrons. The van der Waals surface area contributed by atoms with E-state index in [0.717, 1.165) is 60.3 Å². The number of aryl methyl sites for hydroxylation is 1. The molecule has 1 aliphatic rings.